The number of nitrogens with two attached hydrogens (primary N) is 1. The summed E-state index contributed by atoms with van der Waals surface area (Å²) in [7, 11) is 0. The van der Waals surface area contributed by atoms with Crippen LogP contribution < -0.4 is 5.73 Å². The molecule has 1 atom stereocenters. The van der Waals surface area contributed by atoms with Crippen LogP contribution in [-0.2, 0) is 12.0 Å². The first kappa shape index (κ1) is 19.7. The molecule has 1 aliphatic rings. The SMILES string of the molecule is C[C@]1(c2cc(CC(=O)c3ccc(C#N)cn3)ccc2F)N=C(N)Sc2ncccc21. The fraction of sp³-hybridized carbons (Fsp3) is 0.136. The maximum Gasteiger partial charge on any atom is 0.185 e. The molecule has 6 nitrogen and oxygen atoms in total. The van der Waals surface area contributed by atoms with Crippen molar-refractivity contribution in [3.8, 4) is 6.07 Å². The minimum atomic E-state index is -1.06. The van der Waals surface area contributed by atoms with E-state index in [0.717, 1.165) is 5.56 Å². The lowest BCUT2D eigenvalue weighted by atomic mass is 9.84. The Hall–Kier alpha value is -3.57. The van der Waals surface area contributed by atoms with E-state index in [1.807, 2.05) is 12.1 Å². The van der Waals surface area contributed by atoms with E-state index in [1.54, 1.807) is 37.4 Å². The maximum absolute atomic E-state index is 14.9. The van der Waals surface area contributed by atoms with E-state index in [2.05, 4.69) is 15.0 Å². The molecule has 0 fully saturated rings. The lowest BCUT2D eigenvalue weighted by Crippen LogP contribution is -2.30. The van der Waals surface area contributed by atoms with E-state index in [4.69, 9.17) is 11.0 Å². The van der Waals surface area contributed by atoms with Crippen molar-refractivity contribution in [3.05, 3.63) is 88.6 Å². The van der Waals surface area contributed by atoms with Gasteiger partial charge in [0.2, 0.25) is 0 Å². The Morgan fingerprint density at radius 2 is 2.07 bits per heavy atom. The first-order chi connectivity index (χ1) is 14.4. The molecule has 0 unspecified atom stereocenters. The van der Waals surface area contributed by atoms with Crippen molar-refractivity contribution in [1.82, 2.24) is 9.97 Å². The van der Waals surface area contributed by atoms with Crippen LogP contribution in [0.1, 0.15) is 39.7 Å². The van der Waals surface area contributed by atoms with Gasteiger partial charge in [-0.2, -0.15) is 5.26 Å². The van der Waals surface area contributed by atoms with Gasteiger partial charge in [-0.3, -0.25) is 9.78 Å². The fourth-order valence-electron chi connectivity index (χ4n) is 3.41. The number of aromatic nitrogens is 2. The summed E-state index contributed by atoms with van der Waals surface area (Å²) in [6.07, 6.45) is 3.04. The molecule has 148 valence electrons. The number of ketones is 1. The molecule has 8 heteroatoms. The lowest BCUT2D eigenvalue weighted by Gasteiger charge is -2.32. The molecule has 2 N–H and O–H groups in total. The van der Waals surface area contributed by atoms with Gasteiger partial charge in [0.15, 0.2) is 11.0 Å². The summed E-state index contributed by atoms with van der Waals surface area (Å²) < 4.78 is 14.9. The van der Waals surface area contributed by atoms with Crippen molar-refractivity contribution in [1.29, 1.82) is 5.26 Å². The van der Waals surface area contributed by atoms with E-state index >= 15 is 0 Å². The van der Waals surface area contributed by atoms with Crippen molar-refractivity contribution in [2.24, 2.45) is 10.7 Å². The molecule has 4 rings (SSSR count). The molecule has 1 aliphatic heterocycles. The molecule has 30 heavy (non-hydrogen) atoms. The lowest BCUT2D eigenvalue weighted by molar-refractivity contribution is 0.0988. The third-order valence-electron chi connectivity index (χ3n) is 4.93. The third-order valence-corrected chi connectivity index (χ3v) is 5.75. The second-order valence-electron chi connectivity index (χ2n) is 6.94. The van der Waals surface area contributed by atoms with Crippen molar-refractivity contribution in [3.63, 3.8) is 0 Å². The number of fused-ring (bicyclic) bond motifs is 1. The Morgan fingerprint density at radius 1 is 1.23 bits per heavy atom. The quantitative estimate of drug-likeness (QED) is 0.651. The average Bonchev–Trinajstić information content (AvgIpc) is 2.75. The summed E-state index contributed by atoms with van der Waals surface area (Å²) in [6.45, 7) is 1.78. The average molecular weight is 417 g/mol. The minimum Gasteiger partial charge on any atom is -0.378 e. The number of hydrogen-bond donors (Lipinski definition) is 1. The number of hydrogen-bond acceptors (Lipinski definition) is 7. The van der Waals surface area contributed by atoms with Gasteiger partial charge in [-0.05, 0) is 54.6 Å². The van der Waals surface area contributed by atoms with Crippen LogP contribution in [0.3, 0.4) is 0 Å². The zero-order valence-electron chi connectivity index (χ0n) is 16.0. The second-order valence-corrected chi connectivity index (χ2v) is 7.95. The predicted octanol–water partition coefficient (Wildman–Crippen LogP) is 3.60. The standard InChI is InChI=1S/C22H16FN5OS/c1-22(15-3-2-8-26-20(15)30-21(25)28-22)16-9-13(4-6-17(16)23)10-19(29)18-7-5-14(11-24)12-27-18/h2-9,12H,10H2,1H3,(H2,25,28)/t22-/m0/s1. The Labute approximate surface area is 176 Å². The molecular formula is C22H16FN5OS. The third kappa shape index (κ3) is 3.55. The number of pyridine rings is 2. The molecule has 0 saturated carbocycles. The summed E-state index contributed by atoms with van der Waals surface area (Å²) >= 11 is 1.24. The molecule has 3 aromatic rings. The number of carbonyl (C=O) groups is 1. The first-order valence-corrected chi connectivity index (χ1v) is 9.89. The van der Waals surface area contributed by atoms with E-state index in [1.165, 1.54) is 30.1 Å². The van der Waals surface area contributed by atoms with Crippen LogP contribution in [-0.4, -0.2) is 20.9 Å². The minimum absolute atomic E-state index is 0.0378. The highest BCUT2D eigenvalue weighted by Gasteiger charge is 2.37. The molecule has 0 bridgehead atoms. The monoisotopic (exact) mass is 417 g/mol. The predicted molar refractivity (Wildman–Crippen MR) is 112 cm³/mol. The van der Waals surface area contributed by atoms with Crippen LogP contribution >= 0.6 is 11.8 Å². The highest BCUT2D eigenvalue weighted by Crippen LogP contribution is 2.43. The summed E-state index contributed by atoms with van der Waals surface area (Å²) in [6, 6.07) is 13.2. The van der Waals surface area contributed by atoms with Crippen LogP contribution in [0.15, 0.2) is 64.9 Å². The summed E-state index contributed by atoms with van der Waals surface area (Å²) in [4.78, 5) is 25.5. The molecule has 0 spiro atoms. The van der Waals surface area contributed by atoms with E-state index < -0.39 is 11.4 Å². The van der Waals surface area contributed by atoms with E-state index in [0.29, 0.717) is 26.9 Å². The van der Waals surface area contributed by atoms with Crippen molar-refractivity contribution in [2.75, 3.05) is 0 Å². The van der Waals surface area contributed by atoms with Crippen molar-refractivity contribution >= 4 is 22.7 Å². The fourth-order valence-corrected chi connectivity index (χ4v) is 4.32. The van der Waals surface area contributed by atoms with E-state index in [-0.39, 0.29) is 17.9 Å². The Bertz CT molecular complexity index is 1220. The molecule has 3 heterocycles. The van der Waals surface area contributed by atoms with Crippen LogP contribution in [0.5, 0.6) is 0 Å². The number of thioether (sulfide) groups is 1. The Kier molecular flexibility index (Phi) is 5.06. The molecule has 0 radical (unpaired) electrons. The summed E-state index contributed by atoms with van der Waals surface area (Å²) in [5.41, 5.74) is 7.25. The second kappa shape index (κ2) is 7.69. The number of carbonyl (C=O) groups excluding carboxylic acids is 1. The molecule has 1 aromatic carbocycles. The van der Waals surface area contributed by atoms with Crippen LogP contribution in [0.2, 0.25) is 0 Å². The topological polar surface area (TPSA) is 105 Å². The van der Waals surface area contributed by atoms with Gasteiger partial charge < -0.3 is 5.73 Å². The largest absolute Gasteiger partial charge is 0.378 e. The zero-order valence-corrected chi connectivity index (χ0v) is 16.8. The molecule has 0 amide bonds. The normalized spacial score (nSPS) is 17.6. The smallest absolute Gasteiger partial charge is 0.185 e. The highest BCUT2D eigenvalue weighted by atomic mass is 32.2. The number of benzene rings is 1. The maximum atomic E-state index is 14.9. The number of nitrogens with zero attached hydrogens (tertiary/aromatic N) is 4. The van der Waals surface area contributed by atoms with Gasteiger partial charge in [-0.1, -0.05) is 12.1 Å². The van der Waals surface area contributed by atoms with Crippen molar-refractivity contribution < 1.29 is 9.18 Å². The van der Waals surface area contributed by atoms with Gasteiger partial charge in [0.1, 0.15) is 28.1 Å². The van der Waals surface area contributed by atoms with Gasteiger partial charge in [-0.15, -0.1) is 0 Å². The first-order valence-electron chi connectivity index (χ1n) is 9.07. The number of halogens is 1. The number of rotatable bonds is 4. The van der Waals surface area contributed by atoms with Gasteiger partial charge in [0.05, 0.1) is 5.56 Å². The van der Waals surface area contributed by atoms with Crippen LogP contribution in [0.4, 0.5) is 4.39 Å². The van der Waals surface area contributed by atoms with Gasteiger partial charge >= 0.3 is 0 Å². The van der Waals surface area contributed by atoms with Crippen LogP contribution in [0.25, 0.3) is 0 Å². The van der Waals surface area contributed by atoms with Crippen molar-refractivity contribution in [2.45, 2.75) is 23.9 Å². The number of Topliss-reactive ketones (excluding diaryl/α,β-unsaturated/α-hetero) is 1. The molecule has 0 aliphatic carbocycles. The Morgan fingerprint density at radius 3 is 2.80 bits per heavy atom. The van der Waals surface area contributed by atoms with Gasteiger partial charge in [0, 0.05) is 29.9 Å². The van der Waals surface area contributed by atoms with Gasteiger partial charge in [0.25, 0.3) is 0 Å². The molecular weight excluding hydrogens is 401 g/mol. The molecule has 0 saturated heterocycles. The number of aliphatic imine (C=N–C) groups is 1. The number of nitriles is 1. The van der Waals surface area contributed by atoms with E-state index in [9.17, 15) is 9.18 Å². The van der Waals surface area contributed by atoms with Crippen LogP contribution in [0, 0.1) is 17.1 Å². The number of amidine groups is 1. The molecule has 2 aromatic heterocycles. The Balaban J connectivity index is 1.71. The summed E-state index contributed by atoms with van der Waals surface area (Å²) in [5, 5.41) is 9.83. The summed E-state index contributed by atoms with van der Waals surface area (Å²) in [5.74, 6) is -0.671. The zero-order chi connectivity index (χ0) is 21.3. The highest BCUT2D eigenvalue weighted by molar-refractivity contribution is 8.13. The van der Waals surface area contributed by atoms with Gasteiger partial charge in [-0.25, -0.2) is 14.4 Å².